The van der Waals surface area contributed by atoms with E-state index >= 15 is 0 Å². The molecule has 5 nitrogen and oxygen atoms in total. The largest absolute Gasteiger partial charge is 0.236 e. The summed E-state index contributed by atoms with van der Waals surface area (Å²) in [5.74, 6) is 0. The van der Waals surface area contributed by atoms with Crippen molar-refractivity contribution in [1.82, 2.24) is 4.31 Å². The molecule has 0 aromatic heterocycles. The van der Waals surface area contributed by atoms with Crippen molar-refractivity contribution >= 4 is 16.1 Å². The number of hydrogen-bond donors (Lipinski definition) is 0. The molecule has 1 rings (SSSR count). The van der Waals surface area contributed by atoms with Crippen molar-refractivity contribution < 1.29 is 13.2 Å². The van der Waals surface area contributed by atoms with Gasteiger partial charge in [0, 0.05) is 6.54 Å². The molecule has 6 heteroatoms. The minimum Gasteiger partial charge on any atom is -0.212 e. The first-order valence-electron chi connectivity index (χ1n) is 5.89. The molecule has 98 valence electrons. The first-order chi connectivity index (χ1) is 7.80. The van der Waals surface area contributed by atoms with Crippen molar-refractivity contribution in [3.63, 3.8) is 0 Å². The Morgan fingerprint density at radius 2 is 1.88 bits per heavy atom. The second kappa shape index (κ2) is 5.29. The first-order valence-corrected chi connectivity index (χ1v) is 7.33. The van der Waals surface area contributed by atoms with Crippen LogP contribution in [0.5, 0.6) is 0 Å². The molecule has 0 aromatic rings. The molecule has 1 unspecified atom stereocenters. The van der Waals surface area contributed by atoms with Crippen molar-refractivity contribution in [1.29, 1.82) is 0 Å². The summed E-state index contributed by atoms with van der Waals surface area (Å²) in [5.41, 5.74) is 0. The number of aliphatic imine (C=N–C) groups is 1. The van der Waals surface area contributed by atoms with E-state index in [-0.39, 0.29) is 0 Å². The van der Waals surface area contributed by atoms with Crippen molar-refractivity contribution in [2.45, 2.75) is 57.4 Å². The monoisotopic (exact) mass is 260 g/mol. The van der Waals surface area contributed by atoms with Crippen molar-refractivity contribution in [3.05, 3.63) is 0 Å². The van der Waals surface area contributed by atoms with E-state index in [4.69, 9.17) is 0 Å². The smallest absolute Gasteiger partial charge is 0.212 e. The predicted octanol–water partition coefficient (Wildman–Crippen LogP) is 1.65. The summed E-state index contributed by atoms with van der Waals surface area (Å²) < 4.78 is 25.3. The highest BCUT2D eigenvalue weighted by Crippen LogP contribution is 2.27. The van der Waals surface area contributed by atoms with Crippen LogP contribution >= 0.6 is 0 Å². The highest BCUT2D eigenvalue weighted by atomic mass is 32.2. The zero-order valence-electron chi connectivity index (χ0n) is 10.6. The maximum absolute atomic E-state index is 12.4. The van der Waals surface area contributed by atoms with Gasteiger partial charge in [-0.05, 0) is 40.0 Å². The van der Waals surface area contributed by atoms with Gasteiger partial charge in [0.1, 0.15) is 6.17 Å². The van der Waals surface area contributed by atoms with Gasteiger partial charge in [-0.1, -0.05) is 6.42 Å². The summed E-state index contributed by atoms with van der Waals surface area (Å²) >= 11 is 0. The lowest BCUT2D eigenvalue weighted by Crippen LogP contribution is -2.47. The Labute approximate surface area is 103 Å². The van der Waals surface area contributed by atoms with Gasteiger partial charge < -0.3 is 0 Å². The van der Waals surface area contributed by atoms with Crippen LogP contribution in [-0.4, -0.2) is 36.3 Å². The minimum atomic E-state index is -3.43. The molecule has 0 aliphatic carbocycles. The third-order valence-corrected chi connectivity index (χ3v) is 5.55. The average molecular weight is 260 g/mol. The molecule has 0 N–H and O–H groups in total. The van der Waals surface area contributed by atoms with Gasteiger partial charge in [-0.2, -0.15) is 9.30 Å². The van der Waals surface area contributed by atoms with Crippen LogP contribution in [0, 0.1) is 0 Å². The Bertz CT molecular complexity index is 405. The molecule has 0 aromatic carbocycles. The number of isocyanates is 1. The number of sulfonamides is 1. The molecule has 17 heavy (non-hydrogen) atoms. The molecule has 0 saturated carbocycles. The molecule has 1 aliphatic rings. The van der Waals surface area contributed by atoms with Gasteiger partial charge >= 0.3 is 0 Å². The molecule has 0 spiro atoms. The quantitative estimate of drug-likeness (QED) is 0.560. The van der Waals surface area contributed by atoms with E-state index < -0.39 is 20.9 Å². The van der Waals surface area contributed by atoms with Crippen LogP contribution in [0.4, 0.5) is 0 Å². The lowest BCUT2D eigenvalue weighted by molar-refractivity contribution is 0.321. The maximum Gasteiger partial charge on any atom is 0.236 e. The predicted molar refractivity (Wildman–Crippen MR) is 65.8 cm³/mol. The lowest BCUT2D eigenvalue weighted by Gasteiger charge is -2.31. The van der Waals surface area contributed by atoms with Crippen LogP contribution in [0.15, 0.2) is 4.99 Å². The molecule has 1 fully saturated rings. The van der Waals surface area contributed by atoms with Gasteiger partial charge in [0.15, 0.2) is 0 Å². The van der Waals surface area contributed by atoms with E-state index in [1.807, 2.05) is 0 Å². The van der Waals surface area contributed by atoms with Crippen molar-refractivity contribution in [3.8, 4) is 0 Å². The molecule has 1 heterocycles. The zero-order valence-corrected chi connectivity index (χ0v) is 11.5. The molecule has 1 atom stereocenters. The average Bonchev–Trinajstić information content (AvgIpc) is 2.42. The van der Waals surface area contributed by atoms with Gasteiger partial charge in [0.25, 0.3) is 0 Å². The Hall–Kier alpha value is -0.710. The highest BCUT2D eigenvalue weighted by molar-refractivity contribution is 7.90. The van der Waals surface area contributed by atoms with E-state index in [0.717, 1.165) is 19.3 Å². The fraction of sp³-hybridized carbons (Fsp3) is 0.909. The van der Waals surface area contributed by atoms with E-state index in [2.05, 4.69) is 4.99 Å². The maximum atomic E-state index is 12.4. The normalized spacial score (nSPS) is 23.8. The Balaban J connectivity index is 3.10. The summed E-state index contributed by atoms with van der Waals surface area (Å²) in [7, 11) is -3.43. The summed E-state index contributed by atoms with van der Waals surface area (Å²) in [6, 6.07) is 0. The molecule has 1 aliphatic heterocycles. The van der Waals surface area contributed by atoms with Crippen LogP contribution in [0.25, 0.3) is 0 Å². The third kappa shape index (κ3) is 3.15. The Morgan fingerprint density at radius 1 is 1.24 bits per heavy atom. The third-order valence-electron chi connectivity index (χ3n) is 2.96. The van der Waals surface area contributed by atoms with Crippen LogP contribution in [-0.2, 0) is 14.8 Å². The number of carbonyl (C=O) groups excluding carboxylic acids is 1. The second-order valence-corrected chi connectivity index (χ2v) is 7.92. The SMILES string of the molecule is CC(C)(C)S(=O)(=O)N1CCCCCC1N=C=O. The van der Waals surface area contributed by atoms with E-state index in [1.54, 1.807) is 20.8 Å². The molecular formula is C11H20N2O3S. The van der Waals surface area contributed by atoms with Gasteiger partial charge in [0.05, 0.1) is 4.75 Å². The standard InChI is InChI=1S/C11H20N2O3S/c1-11(2,3)17(15,16)13-8-6-4-5-7-10(13)12-9-14/h10H,4-8H2,1-3H3. The Kier molecular flexibility index (Phi) is 4.47. The molecule has 0 amide bonds. The minimum absolute atomic E-state index is 0.440. The van der Waals surface area contributed by atoms with Crippen molar-refractivity contribution in [2.24, 2.45) is 4.99 Å². The molecule has 1 saturated heterocycles. The van der Waals surface area contributed by atoms with Crippen LogP contribution in [0.2, 0.25) is 0 Å². The van der Waals surface area contributed by atoms with Gasteiger partial charge in [0.2, 0.25) is 16.1 Å². The van der Waals surface area contributed by atoms with Gasteiger partial charge in [-0.3, -0.25) is 0 Å². The molecule has 0 radical (unpaired) electrons. The van der Waals surface area contributed by atoms with Crippen LogP contribution < -0.4 is 0 Å². The second-order valence-electron chi connectivity index (χ2n) is 5.28. The number of nitrogens with zero attached hydrogens (tertiary/aromatic N) is 2. The highest BCUT2D eigenvalue weighted by Gasteiger charge is 2.39. The summed E-state index contributed by atoms with van der Waals surface area (Å²) in [5, 5.41) is 0. The van der Waals surface area contributed by atoms with Crippen LogP contribution in [0.3, 0.4) is 0 Å². The van der Waals surface area contributed by atoms with Crippen molar-refractivity contribution in [2.75, 3.05) is 6.54 Å². The summed E-state index contributed by atoms with van der Waals surface area (Å²) in [4.78, 5) is 14.0. The summed E-state index contributed by atoms with van der Waals surface area (Å²) in [6.07, 6.45) is 4.21. The van der Waals surface area contributed by atoms with Gasteiger partial charge in [-0.15, -0.1) is 0 Å². The fourth-order valence-electron chi connectivity index (χ4n) is 1.89. The fourth-order valence-corrected chi connectivity index (χ4v) is 3.43. The topological polar surface area (TPSA) is 66.8 Å². The zero-order chi connectivity index (χ0) is 13.1. The molecular weight excluding hydrogens is 240 g/mol. The first kappa shape index (κ1) is 14.4. The Morgan fingerprint density at radius 3 is 2.41 bits per heavy atom. The summed E-state index contributed by atoms with van der Waals surface area (Å²) in [6.45, 7) is 5.42. The number of hydrogen-bond acceptors (Lipinski definition) is 4. The lowest BCUT2D eigenvalue weighted by atomic mass is 10.2. The van der Waals surface area contributed by atoms with Crippen LogP contribution in [0.1, 0.15) is 46.5 Å². The number of rotatable bonds is 2. The van der Waals surface area contributed by atoms with E-state index in [1.165, 1.54) is 10.4 Å². The van der Waals surface area contributed by atoms with Gasteiger partial charge in [-0.25, -0.2) is 13.2 Å². The van der Waals surface area contributed by atoms with E-state index in [0.29, 0.717) is 13.0 Å². The molecule has 0 bridgehead atoms. The van der Waals surface area contributed by atoms with E-state index in [9.17, 15) is 13.2 Å².